The van der Waals surface area contributed by atoms with E-state index in [2.05, 4.69) is 6.92 Å². The number of hydrogen-bond acceptors (Lipinski definition) is 5. The fourth-order valence-corrected chi connectivity index (χ4v) is 5.64. The molecule has 0 aromatic rings. The zero-order valence-electron chi connectivity index (χ0n) is 22.5. The summed E-state index contributed by atoms with van der Waals surface area (Å²) in [6.07, 6.45) is 24.4. The number of nitrogens with two attached hydrogens (primary N) is 1. The van der Waals surface area contributed by atoms with E-state index in [0.717, 1.165) is 25.7 Å². The molecule has 0 spiro atoms. The van der Waals surface area contributed by atoms with Crippen molar-refractivity contribution in [1.29, 1.82) is 0 Å². The lowest BCUT2D eigenvalue weighted by atomic mass is 9.83. The molecule has 0 aliphatic carbocycles. The molecule has 0 rings (SSSR count). The molecule has 0 aromatic carbocycles. The molecule has 1 atom stereocenters. The van der Waals surface area contributed by atoms with Gasteiger partial charge in [-0.2, -0.15) is 8.42 Å². The van der Waals surface area contributed by atoms with Crippen LogP contribution in [0.5, 0.6) is 0 Å². The van der Waals surface area contributed by atoms with E-state index in [0.29, 0.717) is 6.54 Å². The Kier molecular flexibility index (Phi) is 21.0. The second-order valence-corrected chi connectivity index (χ2v) is 11.4. The molecule has 0 aliphatic heterocycles. The van der Waals surface area contributed by atoms with Gasteiger partial charge in [0.1, 0.15) is 0 Å². The van der Waals surface area contributed by atoms with Gasteiger partial charge in [0.2, 0.25) is 0 Å². The quantitative estimate of drug-likeness (QED) is 0.131. The zero-order valence-corrected chi connectivity index (χ0v) is 23.4. The van der Waals surface area contributed by atoms with Gasteiger partial charge in [-0.05, 0) is 52.5 Å². The van der Waals surface area contributed by atoms with Crippen LogP contribution in [0.3, 0.4) is 0 Å². The molecular weight excluding hydrogens is 434 g/mol. The Balaban J connectivity index is 3.86. The van der Waals surface area contributed by atoms with E-state index in [9.17, 15) is 8.42 Å². The van der Waals surface area contributed by atoms with Crippen molar-refractivity contribution < 1.29 is 16.8 Å². The molecule has 2 N–H and O–H groups in total. The molecule has 5 nitrogen and oxygen atoms in total. The highest BCUT2D eigenvalue weighted by Gasteiger charge is 2.35. The third-order valence-electron chi connectivity index (χ3n) is 6.73. The summed E-state index contributed by atoms with van der Waals surface area (Å²) in [5, 5.41) is 0. The van der Waals surface area contributed by atoms with E-state index in [1.807, 2.05) is 13.8 Å². The van der Waals surface area contributed by atoms with Gasteiger partial charge in [-0.15, -0.1) is 0 Å². The molecule has 0 radical (unpaired) electrons. The van der Waals surface area contributed by atoms with Crippen LogP contribution in [0.15, 0.2) is 0 Å². The summed E-state index contributed by atoms with van der Waals surface area (Å²) in [6, 6.07) is 0. The Hall–Kier alpha value is -0.170. The summed E-state index contributed by atoms with van der Waals surface area (Å²) in [7, 11) is -3.95. The Morgan fingerprint density at radius 1 is 0.667 bits per heavy atom. The third kappa shape index (κ3) is 19.8. The van der Waals surface area contributed by atoms with Crippen LogP contribution in [0, 0.1) is 5.92 Å². The summed E-state index contributed by atoms with van der Waals surface area (Å²) in [5.74, 6) is 0.155. The second-order valence-electron chi connectivity index (χ2n) is 10.2. The topological polar surface area (TPSA) is 78.6 Å². The average molecular weight is 492 g/mol. The van der Waals surface area contributed by atoms with Gasteiger partial charge in [0.15, 0.2) is 0 Å². The summed E-state index contributed by atoms with van der Waals surface area (Å²) in [6.45, 7) is 8.35. The van der Waals surface area contributed by atoms with Crippen molar-refractivity contribution in [2.45, 2.75) is 155 Å². The van der Waals surface area contributed by atoms with Crippen LogP contribution in [-0.4, -0.2) is 27.2 Å². The van der Waals surface area contributed by atoms with Gasteiger partial charge in [0.25, 0.3) is 0 Å². The highest BCUT2D eigenvalue weighted by Crippen LogP contribution is 2.32. The maximum absolute atomic E-state index is 12.0. The SMILES string of the molecule is CCCCCCCCCCCCCCCCCCC(CCCN)C(C)(C)OS(=O)(=O)OCC. The van der Waals surface area contributed by atoms with Crippen molar-refractivity contribution >= 4 is 10.4 Å². The number of hydrogen-bond donors (Lipinski definition) is 1. The van der Waals surface area contributed by atoms with Crippen LogP contribution in [-0.2, 0) is 18.8 Å². The van der Waals surface area contributed by atoms with E-state index in [4.69, 9.17) is 14.1 Å². The molecular formula is C27H57NO4S. The monoisotopic (exact) mass is 491 g/mol. The van der Waals surface area contributed by atoms with Crippen molar-refractivity contribution in [3.05, 3.63) is 0 Å². The first-order valence-electron chi connectivity index (χ1n) is 14.1. The summed E-state index contributed by atoms with van der Waals surface area (Å²) in [4.78, 5) is 0. The first-order valence-corrected chi connectivity index (χ1v) is 15.4. The highest BCUT2D eigenvalue weighted by molar-refractivity contribution is 7.81. The second kappa shape index (κ2) is 21.1. The van der Waals surface area contributed by atoms with Crippen molar-refractivity contribution in [3.63, 3.8) is 0 Å². The molecule has 1 unspecified atom stereocenters. The van der Waals surface area contributed by atoms with Crippen molar-refractivity contribution in [3.8, 4) is 0 Å². The van der Waals surface area contributed by atoms with E-state index in [1.54, 1.807) is 6.92 Å². The van der Waals surface area contributed by atoms with Gasteiger partial charge in [0, 0.05) is 0 Å². The molecule has 0 aromatic heterocycles. The lowest BCUT2D eigenvalue weighted by Crippen LogP contribution is -2.37. The summed E-state index contributed by atoms with van der Waals surface area (Å²) in [5.41, 5.74) is 4.92. The lowest BCUT2D eigenvalue weighted by Gasteiger charge is -2.33. The van der Waals surface area contributed by atoms with Gasteiger partial charge >= 0.3 is 10.4 Å². The molecule has 0 bridgehead atoms. The number of rotatable bonds is 25. The Labute approximate surface area is 207 Å². The molecule has 0 saturated carbocycles. The molecule has 200 valence electrons. The lowest BCUT2D eigenvalue weighted by molar-refractivity contribution is 0.0229. The minimum absolute atomic E-state index is 0.0883. The molecule has 33 heavy (non-hydrogen) atoms. The Morgan fingerprint density at radius 3 is 1.45 bits per heavy atom. The van der Waals surface area contributed by atoms with E-state index < -0.39 is 16.0 Å². The molecule has 0 heterocycles. The smallest absolute Gasteiger partial charge is 0.330 e. The predicted molar refractivity (Wildman–Crippen MR) is 142 cm³/mol. The van der Waals surface area contributed by atoms with Gasteiger partial charge < -0.3 is 5.73 Å². The van der Waals surface area contributed by atoms with Gasteiger partial charge in [-0.3, -0.25) is 0 Å². The fourth-order valence-electron chi connectivity index (χ4n) is 4.64. The molecule has 6 heteroatoms. The van der Waals surface area contributed by atoms with Crippen molar-refractivity contribution in [2.24, 2.45) is 11.7 Å². The van der Waals surface area contributed by atoms with E-state index in [-0.39, 0.29) is 12.5 Å². The van der Waals surface area contributed by atoms with Crippen molar-refractivity contribution in [2.75, 3.05) is 13.2 Å². The summed E-state index contributed by atoms with van der Waals surface area (Å²) < 4.78 is 34.2. The van der Waals surface area contributed by atoms with Crippen LogP contribution < -0.4 is 5.73 Å². The fraction of sp³-hybridized carbons (Fsp3) is 1.00. The third-order valence-corrected chi connectivity index (χ3v) is 7.88. The molecule has 0 fully saturated rings. The largest absolute Gasteiger partial charge is 0.400 e. The molecule has 0 amide bonds. The Bertz CT molecular complexity index is 522. The average Bonchev–Trinajstić information content (AvgIpc) is 2.74. The van der Waals surface area contributed by atoms with E-state index in [1.165, 1.54) is 96.3 Å². The van der Waals surface area contributed by atoms with Gasteiger partial charge in [-0.1, -0.05) is 110 Å². The minimum atomic E-state index is -3.95. The van der Waals surface area contributed by atoms with Gasteiger partial charge in [-0.25, -0.2) is 8.37 Å². The highest BCUT2D eigenvalue weighted by atomic mass is 32.3. The van der Waals surface area contributed by atoms with Crippen LogP contribution >= 0.6 is 0 Å². The normalized spacial score (nSPS) is 13.5. The van der Waals surface area contributed by atoms with Gasteiger partial charge in [0.05, 0.1) is 12.2 Å². The first-order chi connectivity index (χ1) is 15.8. The molecule has 0 aliphatic rings. The van der Waals surface area contributed by atoms with Crippen LogP contribution in [0.1, 0.15) is 150 Å². The van der Waals surface area contributed by atoms with E-state index >= 15 is 0 Å². The Morgan fingerprint density at radius 2 is 1.06 bits per heavy atom. The van der Waals surface area contributed by atoms with Crippen molar-refractivity contribution in [1.82, 2.24) is 0 Å². The van der Waals surface area contributed by atoms with Crippen LogP contribution in [0.25, 0.3) is 0 Å². The summed E-state index contributed by atoms with van der Waals surface area (Å²) >= 11 is 0. The maximum atomic E-state index is 12.0. The predicted octanol–water partition coefficient (Wildman–Crippen LogP) is 8.07. The maximum Gasteiger partial charge on any atom is 0.400 e. The minimum Gasteiger partial charge on any atom is -0.330 e. The molecule has 0 saturated heterocycles. The van der Waals surface area contributed by atoms with Crippen LogP contribution in [0.2, 0.25) is 0 Å². The first kappa shape index (κ1) is 32.8. The van der Waals surface area contributed by atoms with Crippen LogP contribution in [0.4, 0.5) is 0 Å². The number of unbranched alkanes of at least 4 members (excludes halogenated alkanes) is 15. The zero-order chi connectivity index (χ0) is 24.8. The standard InChI is InChI=1S/C27H57NO4S/c1-5-7-8-9-10-11-12-13-14-15-16-17-18-19-20-21-23-26(24-22-25-28)27(3,4)32-33(29,30)31-6-2/h26H,5-25,28H2,1-4H3.